The maximum Gasteiger partial charge on any atom is 0.123 e. The molecule has 4 heteroatoms. The molecule has 0 bridgehead atoms. The molecule has 2 N–H and O–H groups in total. The lowest BCUT2D eigenvalue weighted by Crippen LogP contribution is -2.18. The van der Waals surface area contributed by atoms with Gasteiger partial charge in [-0.2, -0.15) is 0 Å². The fraction of sp³-hybridized carbons (Fsp3) is 0.273. The SMILES string of the molecule is NC1(c2ccc(-n3cnnc3)cc2)CC1. The van der Waals surface area contributed by atoms with E-state index in [2.05, 4.69) is 22.3 Å². The maximum atomic E-state index is 6.11. The van der Waals surface area contributed by atoms with Crippen molar-refractivity contribution in [3.8, 4) is 5.69 Å². The zero-order valence-electron chi connectivity index (χ0n) is 8.30. The summed E-state index contributed by atoms with van der Waals surface area (Å²) in [6.07, 6.45) is 5.56. The van der Waals surface area contributed by atoms with E-state index < -0.39 is 0 Å². The van der Waals surface area contributed by atoms with Gasteiger partial charge in [-0.25, -0.2) is 0 Å². The minimum absolute atomic E-state index is 0.0499. The number of benzene rings is 1. The summed E-state index contributed by atoms with van der Waals surface area (Å²) in [6.45, 7) is 0. The topological polar surface area (TPSA) is 56.7 Å². The quantitative estimate of drug-likeness (QED) is 0.792. The Hall–Kier alpha value is -1.68. The Labute approximate surface area is 87.7 Å². The molecule has 2 aromatic rings. The first kappa shape index (κ1) is 8.61. The Bertz CT molecular complexity index is 454. The normalized spacial score (nSPS) is 17.7. The second-order valence-electron chi connectivity index (χ2n) is 4.07. The highest BCUT2D eigenvalue weighted by Crippen LogP contribution is 2.42. The van der Waals surface area contributed by atoms with E-state index >= 15 is 0 Å². The van der Waals surface area contributed by atoms with Crippen LogP contribution in [-0.4, -0.2) is 14.8 Å². The van der Waals surface area contributed by atoms with Crippen LogP contribution in [0.1, 0.15) is 18.4 Å². The van der Waals surface area contributed by atoms with Gasteiger partial charge < -0.3 is 5.73 Å². The summed E-state index contributed by atoms with van der Waals surface area (Å²) < 4.78 is 1.87. The lowest BCUT2D eigenvalue weighted by molar-refractivity contribution is 0.739. The van der Waals surface area contributed by atoms with Gasteiger partial charge in [0.25, 0.3) is 0 Å². The Morgan fingerprint density at radius 3 is 2.20 bits per heavy atom. The molecule has 4 nitrogen and oxygen atoms in total. The molecular formula is C11H12N4. The molecule has 0 aliphatic heterocycles. The van der Waals surface area contributed by atoms with Gasteiger partial charge in [0.1, 0.15) is 12.7 Å². The van der Waals surface area contributed by atoms with Crippen LogP contribution >= 0.6 is 0 Å². The third kappa shape index (κ3) is 1.43. The molecule has 1 fully saturated rings. The molecule has 0 saturated heterocycles. The zero-order valence-corrected chi connectivity index (χ0v) is 8.30. The maximum absolute atomic E-state index is 6.11. The van der Waals surface area contributed by atoms with Crippen molar-refractivity contribution in [1.82, 2.24) is 14.8 Å². The second kappa shape index (κ2) is 2.90. The molecule has 0 radical (unpaired) electrons. The van der Waals surface area contributed by atoms with E-state index in [4.69, 9.17) is 5.73 Å². The first-order valence-corrected chi connectivity index (χ1v) is 5.02. The molecule has 1 aliphatic rings. The Kier molecular flexibility index (Phi) is 1.67. The molecule has 1 aromatic heterocycles. The third-order valence-electron chi connectivity index (χ3n) is 2.95. The first-order chi connectivity index (χ1) is 7.28. The highest BCUT2D eigenvalue weighted by Gasteiger charge is 2.39. The minimum Gasteiger partial charge on any atom is -0.321 e. The first-order valence-electron chi connectivity index (χ1n) is 5.02. The number of rotatable bonds is 2. The van der Waals surface area contributed by atoms with E-state index in [0.29, 0.717) is 0 Å². The molecule has 1 aromatic carbocycles. The number of hydrogen-bond donors (Lipinski definition) is 1. The summed E-state index contributed by atoms with van der Waals surface area (Å²) in [5, 5.41) is 7.54. The molecule has 0 spiro atoms. The van der Waals surface area contributed by atoms with Gasteiger partial charge in [0.05, 0.1) is 0 Å². The second-order valence-corrected chi connectivity index (χ2v) is 4.07. The molecule has 3 rings (SSSR count). The van der Waals surface area contributed by atoms with Gasteiger partial charge in [-0.1, -0.05) is 12.1 Å². The van der Waals surface area contributed by atoms with Crippen LogP contribution in [0.3, 0.4) is 0 Å². The summed E-state index contributed by atoms with van der Waals surface area (Å²) >= 11 is 0. The average Bonchev–Trinajstić information content (AvgIpc) is 2.84. The van der Waals surface area contributed by atoms with Crippen molar-refractivity contribution in [1.29, 1.82) is 0 Å². The predicted octanol–water partition coefficient (Wildman–Crippen LogP) is 1.22. The number of hydrogen-bond acceptors (Lipinski definition) is 3. The van der Waals surface area contributed by atoms with Crippen molar-refractivity contribution in [3.05, 3.63) is 42.5 Å². The van der Waals surface area contributed by atoms with E-state index in [9.17, 15) is 0 Å². The lowest BCUT2D eigenvalue weighted by Gasteiger charge is -2.09. The van der Waals surface area contributed by atoms with Crippen molar-refractivity contribution in [2.24, 2.45) is 5.73 Å². The van der Waals surface area contributed by atoms with Crippen LogP contribution in [0.15, 0.2) is 36.9 Å². The van der Waals surface area contributed by atoms with Crippen LogP contribution in [-0.2, 0) is 5.54 Å². The van der Waals surface area contributed by atoms with E-state index in [1.54, 1.807) is 12.7 Å². The molecular weight excluding hydrogens is 188 g/mol. The number of nitrogens with two attached hydrogens (primary N) is 1. The summed E-state index contributed by atoms with van der Waals surface area (Å²) in [7, 11) is 0. The largest absolute Gasteiger partial charge is 0.321 e. The molecule has 0 atom stereocenters. The molecule has 1 saturated carbocycles. The van der Waals surface area contributed by atoms with Crippen molar-refractivity contribution in [3.63, 3.8) is 0 Å². The van der Waals surface area contributed by atoms with Crippen molar-refractivity contribution in [2.45, 2.75) is 18.4 Å². The minimum atomic E-state index is -0.0499. The summed E-state index contributed by atoms with van der Waals surface area (Å²) in [4.78, 5) is 0. The van der Waals surface area contributed by atoms with Gasteiger partial charge in [0.2, 0.25) is 0 Å². The highest BCUT2D eigenvalue weighted by atomic mass is 15.2. The van der Waals surface area contributed by atoms with Crippen molar-refractivity contribution in [2.75, 3.05) is 0 Å². The molecule has 0 unspecified atom stereocenters. The Morgan fingerprint density at radius 2 is 1.67 bits per heavy atom. The zero-order chi connectivity index (χ0) is 10.3. The van der Waals surface area contributed by atoms with E-state index in [0.717, 1.165) is 18.5 Å². The summed E-state index contributed by atoms with van der Waals surface area (Å²) in [6, 6.07) is 8.27. The smallest absolute Gasteiger partial charge is 0.123 e. The average molecular weight is 200 g/mol. The van der Waals surface area contributed by atoms with Crippen LogP contribution in [0.25, 0.3) is 5.69 Å². The van der Waals surface area contributed by atoms with E-state index in [1.165, 1.54) is 5.56 Å². The predicted molar refractivity (Wildman–Crippen MR) is 56.5 cm³/mol. The molecule has 76 valence electrons. The fourth-order valence-electron chi connectivity index (χ4n) is 1.72. The molecule has 15 heavy (non-hydrogen) atoms. The summed E-state index contributed by atoms with van der Waals surface area (Å²) in [5.41, 5.74) is 8.34. The van der Waals surface area contributed by atoms with Crippen LogP contribution in [0.5, 0.6) is 0 Å². The van der Waals surface area contributed by atoms with Gasteiger partial charge in [-0.15, -0.1) is 10.2 Å². The third-order valence-corrected chi connectivity index (χ3v) is 2.95. The van der Waals surface area contributed by atoms with Crippen molar-refractivity contribution >= 4 is 0 Å². The summed E-state index contributed by atoms with van der Waals surface area (Å²) in [5.74, 6) is 0. The Morgan fingerprint density at radius 1 is 1.07 bits per heavy atom. The monoisotopic (exact) mass is 200 g/mol. The van der Waals surface area contributed by atoms with Crippen LogP contribution in [0.4, 0.5) is 0 Å². The molecule has 1 heterocycles. The van der Waals surface area contributed by atoms with Crippen molar-refractivity contribution < 1.29 is 0 Å². The van der Waals surface area contributed by atoms with Gasteiger partial charge in [0.15, 0.2) is 0 Å². The standard InChI is InChI=1S/C11H12N4/c12-11(5-6-11)9-1-3-10(4-2-9)15-7-13-14-8-15/h1-4,7-8H,5-6,12H2. The van der Waals surface area contributed by atoms with Crippen LogP contribution in [0, 0.1) is 0 Å². The van der Waals surface area contributed by atoms with Gasteiger partial charge in [-0.3, -0.25) is 4.57 Å². The highest BCUT2D eigenvalue weighted by molar-refractivity contribution is 5.38. The number of nitrogens with zero attached hydrogens (tertiary/aromatic N) is 3. The van der Waals surface area contributed by atoms with Gasteiger partial charge >= 0.3 is 0 Å². The van der Waals surface area contributed by atoms with Crippen LogP contribution in [0.2, 0.25) is 0 Å². The molecule has 0 amide bonds. The van der Waals surface area contributed by atoms with E-state index in [1.807, 2.05) is 16.7 Å². The van der Waals surface area contributed by atoms with Gasteiger partial charge in [-0.05, 0) is 30.5 Å². The Balaban J connectivity index is 1.94. The fourth-order valence-corrected chi connectivity index (χ4v) is 1.72. The lowest BCUT2D eigenvalue weighted by atomic mass is 10.1. The van der Waals surface area contributed by atoms with Gasteiger partial charge in [0, 0.05) is 11.2 Å². The van der Waals surface area contributed by atoms with Crippen LogP contribution < -0.4 is 5.73 Å². The van der Waals surface area contributed by atoms with E-state index in [-0.39, 0.29) is 5.54 Å². The molecule has 1 aliphatic carbocycles. The number of aromatic nitrogens is 3.